The fraction of sp³-hybridized carbons (Fsp3) is 0.125. The number of rotatable bonds is 7. The molecular formula is C24H20ClN3O3. The zero-order chi connectivity index (χ0) is 21.6. The normalized spacial score (nSPS) is 11.3. The lowest BCUT2D eigenvalue weighted by Crippen LogP contribution is -2.07. The molecule has 1 N–H and O–H groups in total. The second-order valence-corrected chi connectivity index (χ2v) is 7.28. The average molecular weight is 434 g/mol. The zero-order valence-corrected chi connectivity index (χ0v) is 17.4. The molecule has 4 aromatic rings. The van der Waals surface area contributed by atoms with E-state index in [4.69, 9.17) is 16.3 Å². The molecule has 1 heterocycles. The van der Waals surface area contributed by atoms with Gasteiger partial charge < -0.3 is 14.4 Å². The molecule has 0 atom stereocenters. The quantitative estimate of drug-likeness (QED) is 0.367. The number of azo groups is 1. The molecule has 6 nitrogen and oxygen atoms in total. The van der Waals surface area contributed by atoms with Crippen LogP contribution in [0.1, 0.15) is 5.56 Å². The van der Waals surface area contributed by atoms with Gasteiger partial charge in [0, 0.05) is 5.39 Å². The predicted octanol–water partition coefficient (Wildman–Crippen LogP) is 5.93. The zero-order valence-electron chi connectivity index (χ0n) is 16.6. The molecule has 3 aromatic carbocycles. The molecule has 0 fully saturated rings. The SMILES string of the molecule is O=C(Cc1ccccc1)N=Nc1c(O)n(CCOc2ccccc2Cl)c2ccccc12. The van der Waals surface area contributed by atoms with Gasteiger partial charge in [0.25, 0.3) is 5.91 Å². The lowest BCUT2D eigenvalue weighted by Gasteiger charge is -2.10. The van der Waals surface area contributed by atoms with Crippen molar-refractivity contribution in [3.63, 3.8) is 0 Å². The van der Waals surface area contributed by atoms with E-state index in [0.717, 1.165) is 11.1 Å². The Morgan fingerprint density at radius 3 is 2.48 bits per heavy atom. The van der Waals surface area contributed by atoms with Crippen molar-refractivity contribution in [3.05, 3.63) is 89.4 Å². The summed E-state index contributed by atoms with van der Waals surface area (Å²) in [6.45, 7) is 0.657. The van der Waals surface area contributed by atoms with E-state index in [-0.39, 0.29) is 23.9 Å². The van der Waals surface area contributed by atoms with Crippen molar-refractivity contribution >= 4 is 34.1 Å². The van der Waals surface area contributed by atoms with Gasteiger partial charge in [-0.15, -0.1) is 10.2 Å². The molecule has 0 aliphatic rings. The molecule has 0 aliphatic heterocycles. The second kappa shape index (κ2) is 9.45. The maximum atomic E-state index is 12.2. The average Bonchev–Trinajstić information content (AvgIpc) is 3.05. The van der Waals surface area contributed by atoms with Crippen molar-refractivity contribution in [2.75, 3.05) is 6.61 Å². The molecule has 4 rings (SSSR count). The van der Waals surface area contributed by atoms with Gasteiger partial charge in [-0.05, 0) is 23.8 Å². The molecule has 0 saturated heterocycles. The number of ether oxygens (including phenoxy) is 1. The third kappa shape index (κ3) is 4.75. The van der Waals surface area contributed by atoms with Crippen LogP contribution >= 0.6 is 11.6 Å². The van der Waals surface area contributed by atoms with E-state index in [2.05, 4.69) is 10.2 Å². The highest BCUT2D eigenvalue weighted by molar-refractivity contribution is 6.32. The Kier molecular flexibility index (Phi) is 6.29. The Balaban J connectivity index is 1.53. The molecule has 0 saturated carbocycles. The van der Waals surface area contributed by atoms with Crippen LogP contribution in [0.2, 0.25) is 5.02 Å². The van der Waals surface area contributed by atoms with E-state index in [0.29, 0.717) is 29.3 Å². The molecule has 31 heavy (non-hydrogen) atoms. The van der Waals surface area contributed by atoms with Gasteiger partial charge >= 0.3 is 0 Å². The molecule has 0 radical (unpaired) electrons. The first-order valence-corrected chi connectivity index (χ1v) is 10.2. The van der Waals surface area contributed by atoms with E-state index in [1.54, 1.807) is 16.7 Å². The minimum absolute atomic E-state index is 0.0692. The number of fused-ring (bicyclic) bond motifs is 1. The summed E-state index contributed by atoms with van der Waals surface area (Å²) in [5.74, 6) is 0.122. The Hall–Kier alpha value is -3.64. The molecule has 0 unspecified atom stereocenters. The third-order valence-corrected chi connectivity index (χ3v) is 5.10. The first-order chi connectivity index (χ1) is 15.1. The summed E-state index contributed by atoms with van der Waals surface area (Å²) in [5, 5.41) is 19.9. The minimum Gasteiger partial charge on any atom is -0.493 e. The molecule has 0 spiro atoms. The number of nitrogens with zero attached hydrogens (tertiary/aromatic N) is 3. The Bertz CT molecular complexity index is 1240. The number of para-hydroxylation sites is 2. The van der Waals surface area contributed by atoms with Crippen molar-refractivity contribution in [3.8, 4) is 11.6 Å². The molecule has 1 amide bonds. The number of halogens is 1. The number of carbonyl (C=O) groups excluding carboxylic acids is 1. The monoisotopic (exact) mass is 433 g/mol. The highest BCUT2D eigenvalue weighted by Crippen LogP contribution is 2.38. The Morgan fingerprint density at radius 2 is 1.68 bits per heavy atom. The minimum atomic E-state index is -0.385. The van der Waals surface area contributed by atoms with Crippen molar-refractivity contribution in [2.45, 2.75) is 13.0 Å². The molecule has 1 aromatic heterocycles. The fourth-order valence-electron chi connectivity index (χ4n) is 3.32. The Morgan fingerprint density at radius 1 is 0.968 bits per heavy atom. The van der Waals surface area contributed by atoms with Gasteiger partial charge in [-0.1, -0.05) is 72.3 Å². The van der Waals surface area contributed by atoms with Crippen LogP contribution in [0.25, 0.3) is 10.9 Å². The smallest absolute Gasteiger partial charge is 0.269 e. The number of aromatic nitrogens is 1. The van der Waals surface area contributed by atoms with E-state index in [1.807, 2.05) is 66.7 Å². The number of benzene rings is 3. The van der Waals surface area contributed by atoms with Crippen LogP contribution < -0.4 is 4.74 Å². The van der Waals surface area contributed by atoms with Crippen molar-refractivity contribution in [1.29, 1.82) is 0 Å². The largest absolute Gasteiger partial charge is 0.493 e. The highest BCUT2D eigenvalue weighted by Gasteiger charge is 2.17. The van der Waals surface area contributed by atoms with E-state index < -0.39 is 0 Å². The van der Waals surface area contributed by atoms with Gasteiger partial charge in [0.1, 0.15) is 12.4 Å². The van der Waals surface area contributed by atoms with Crippen LogP contribution in [0.5, 0.6) is 11.6 Å². The van der Waals surface area contributed by atoms with Crippen LogP contribution in [0.15, 0.2) is 89.1 Å². The van der Waals surface area contributed by atoms with Gasteiger partial charge in [0.2, 0.25) is 5.88 Å². The third-order valence-electron chi connectivity index (χ3n) is 4.79. The van der Waals surface area contributed by atoms with Crippen LogP contribution in [0.3, 0.4) is 0 Å². The first-order valence-electron chi connectivity index (χ1n) is 9.79. The summed E-state index contributed by atoms with van der Waals surface area (Å²) in [7, 11) is 0. The lowest BCUT2D eigenvalue weighted by atomic mass is 10.1. The van der Waals surface area contributed by atoms with E-state index in [1.165, 1.54) is 0 Å². The molecule has 0 aliphatic carbocycles. The van der Waals surface area contributed by atoms with Crippen molar-refractivity contribution in [1.82, 2.24) is 4.57 Å². The Labute approximate surface area is 184 Å². The van der Waals surface area contributed by atoms with Crippen molar-refractivity contribution < 1.29 is 14.6 Å². The highest BCUT2D eigenvalue weighted by atomic mass is 35.5. The van der Waals surface area contributed by atoms with E-state index in [9.17, 15) is 9.90 Å². The van der Waals surface area contributed by atoms with Crippen molar-refractivity contribution in [2.24, 2.45) is 10.2 Å². The van der Waals surface area contributed by atoms with Crippen LogP contribution in [0, 0.1) is 0 Å². The fourth-order valence-corrected chi connectivity index (χ4v) is 3.51. The summed E-state index contributed by atoms with van der Waals surface area (Å²) in [5.41, 5.74) is 1.89. The second-order valence-electron chi connectivity index (χ2n) is 6.88. The topological polar surface area (TPSA) is 76.2 Å². The summed E-state index contributed by atoms with van der Waals surface area (Å²) < 4.78 is 7.43. The molecular weight excluding hydrogens is 414 g/mol. The predicted molar refractivity (Wildman–Crippen MR) is 120 cm³/mol. The summed E-state index contributed by atoms with van der Waals surface area (Å²) in [4.78, 5) is 12.2. The van der Waals surface area contributed by atoms with Crippen LogP contribution in [0.4, 0.5) is 5.69 Å². The van der Waals surface area contributed by atoms with Gasteiger partial charge in [-0.3, -0.25) is 4.79 Å². The summed E-state index contributed by atoms with van der Waals surface area (Å²) >= 11 is 6.12. The number of hydrogen-bond acceptors (Lipinski definition) is 4. The number of hydrogen-bond donors (Lipinski definition) is 1. The van der Waals surface area contributed by atoms with Crippen LogP contribution in [-0.2, 0) is 17.8 Å². The van der Waals surface area contributed by atoms with E-state index >= 15 is 0 Å². The molecule has 7 heteroatoms. The maximum Gasteiger partial charge on any atom is 0.269 e. The first kappa shape index (κ1) is 20.6. The molecule has 156 valence electrons. The maximum absolute atomic E-state index is 12.2. The van der Waals surface area contributed by atoms with Gasteiger partial charge in [-0.2, -0.15) is 0 Å². The van der Waals surface area contributed by atoms with Gasteiger partial charge in [-0.25, -0.2) is 0 Å². The molecule has 0 bridgehead atoms. The van der Waals surface area contributed by atoms with Gasteiger partial charge in [0.15, 0.2) is 5.69 Å². The summed E-state index contributed by atoms with van der Waals surface area (Å²) in [6, 6.07) is 24.0. The number of amides is 1. The standard InChI is InChI=1S/C24H20ClN3O3/c25-19-11-5-7-13-21(19)31-15-14-28-20-12-6-4-10-18(20)23(24(28)30)27-26-22(29)16-17-8-2-1-3-9-17/h1-13,30H,14-16H2. The summed E-state index contributed by atoms with van der Waals surface area (Å²) in [6.07, 6.45) is 0.148. The van der Waals surface area contributed by atoms with Gasteiger partial charge in [0.05, 0.1) is 23.5 Å². The van der Waals surface area contributed by atoms with Crippen LogP contribution in [-0.4, -0.2) is 22.2 Å². The number of carbonyl (C=O) groups is 1. The lowest BCUT2D eigenvalue weighted by molar-refractivity contribution is -0.117. The number of aromatic hydroxyl groups is 1.